The van der Waals surface area contributed by atoms with E-state index in [-0.39, 0.29) is 0 Å². The van der Waals surface area contributed by atoms with Crippen molar-refractivity contribution in [2.45, 2.75) is 6.92 Å². The van der Waals surface area contributed by atoms with Gasteiger partial charge in [0.25, 0.3) is 0 Å². The van der Waals surface area contributed by atoms with Gasteiger partial charge in [0.15, 0.2) is 0 Å². The molecule has 0 aliphatic carbocycles. The average Bonchev–Trinajstić information content (AvgIpc) is 2.75. The highest BCUT2D eigenvalue weighted by molar-refractivity contribution is 6.33. The second kappa shape index (κ2) is 3.90. The van der Waals surface area contributed by atoms with Gasteiger partial charge in [-0.25, -0.2) is 4.98 Å². The zero-order valence-corrected chi connectivity index (χ0v) is 10.1. The smallest absolute Gasteiger partial charge is 0.144 e. The quantitative estimate of drug-likeness (QED) is 0.631. The summed E-state index contributed by atoms with van der Waals surface area (Å²) < 4.78 is 2.02. The molecule has 0 aliphatic heterocycles. The molecule has 0 saturated carbocycles. The molecule has 0 N–H and O–H groups in total. The van der Waals surface area contributed by atoms with Crippen LogP contribution in [0.25, 0.3) is 16.9 Å². The van der Waals surface area contributed by atoms with E-state index in [9.17, 15) is 0 Å². The number of hydrogen-bond donors (Lipinski definition) is 0. The Labute approximate surface area is 104 Å². The first-order chi connectivity index (χ1) is 8.27. The zero-order chi connectivity index (χ0) is 11.8. The van der Waals surface area contributed by atoms with Crippen molar-refractivity contribution in [1.82, 2.24) is 9.38 Å². The van der Waals surface area contributed by atoms with Crippen molar-refractivity contribution in [1.29, 1.82) is 0 Å². The lowest BCUT2D eigenvalue weighted by atomic mass is 10.1. The molecular formula is C14H11ClN2. The molecule has 2 aromatic heterocycles. The molecule has 0 spiro atoms. The lowest BCUT2D eigenvalue weighted by molar-refractivity contribution is 1.15. The summed E-state index contributed by atoms with van der Waals surface area (Å²) in [7, 11) is 0. The van der Waals surface area contributed by atoms with Crippen LogP contribution in [0.5, 0.6) is 0 Å². The van der Waals surface area contributed by atoms with Gasteiger partial charge >= 0.3 is 0 Å². The number of benzene rings is 1. The standard InChI is InChI=1S/C14H11ClN2/c1-10-5-2-3-6-11(10)14-16-9-13-12(15)7-4-8-17(13)14/h2-9H,1H3. The van der Waals surface area contributed by atoms with Crippen molar-refractivity contribution in [2.24, 2.45) is 0 Å². The van der Waals surface area contributed by atoms with E-state index < -0.39 is 0 Å². The second-order valence-electron chi connectivity index (χ2n) is 4.01. The van der Waals surface area contributed by atoms with Gasteiger partial charge in [-0.15, -0.1) is 0 Å². The Hall–Kier alpha value is -1.80. The van der Waals surface area contributed by atoms with Crippen molar-refractivity contribution >= 4 is 17.1 Å². The molecule has 0 fully saturated rings. The monoisotopic (exact) mass is 242 g/mol. The molecule has 2 nitrogen and oxygen atoms in total. The molecule has 0 radical (unpaired) electrons. The van der Waals surface area contributed by atoms with Gasteiger partial charge in [0, 0.05) is 11.8 Å². The van der Waals surface area contributed by atoms with Gasteiger partial charge in [0.1, 0.15) is 5.82 Å². The fourth-order valence-electron chi connectivity index (χ4n) is 2.01. The summed E-state index contributed by atoms with van der Waals surface area (Å²) in [6.45, 7) is 2.08. The van der Waals surface area contributed by atoms with Crippen molar-refractivity contribution in [3.8, 4) is 11.4 Å². The molecule has 0 saturated heterocycles. The average molecular weight is 243 g/mol. The number of rotatable bonds is 1. The predicted molar refractivity (Wildman–Crippen MR) is 70.4 cm³/mol. The van der Waals surface area contributed by atoms with Crippen molar-refractivity contribution in [3.05, 3.63) is 59.4 Å². The number of halogens is 1. The number of aromatic nitrogens is 2. The normalized spacial score (nSPS) is 10.9. The lowest BCUT2D eigenvalue weighted by Gasteiger charge is -2.05. The maximum absolute atomic E-state index is 6.14. The number of imidazole rings is 1. The van der Waals surface area contributed by atoms with Gasteiger partial charge < -0.3 is 0 Å². The minimum Gasteiger partial charge on any atom is -0.298 e. The molecule has 0 amide bonds. The van der Waals surface area contributed by atoms with Crippen molar-refractivity contribution < 1.29 is 0 Å². The number of hydrogen-bond acceptors (Lipinski definition) is 1. The molecule has 3 aromatic rings. The summed E-state index contributed by atoms with van der Waals surface area (Å²) in [5.41, 5.74) is 3.28. The lowest BCUT2D eigenvalue weighted by Crippen LogP contribution is -1.91. The minimum absolute atomic E-state index is 0.722. The Kier molecular flexibility index (Phi) is 2.37. The van der Waals surface area contributed by atoms with Gasteiger partial charge in [-0.1, -0.05) is 35.9 Å². The summed E-state index contributed by atoms with van der Waals surface area (Å²) in [5.74, 6) is 0.931. The Balaban J connectivity index is 2.33. The SMILES string of the molecule is Cc1ccccc1-c1ncc2c(Cl)cccn12. The van der Waals surface area contributed by atoms with Crippen LogP contribution in [0.3, 0.4) is 0 Å². The van der Waals surface area contributed by atoms with Crippen LogP contribution in [-0.4, -0.2) is 9.38 Å². The number of pyridine rings is 1. The first-order valence-electron chi connectivity index (χ1n) is 5.45. The van der Waals surface area contributed by atoms with Gasteiger partial charge in [-0.05, 0) is 24.6 Å². The highest BCUT2D eigenvalue weighted by Gasteiger charge is 2.09. The Morgan fingerprint density at radius 3 is 2.76 bits per heavy atom. The Bertz CT molecular complexity index is 686. The van der Waals surface area contributed by atoms with E-state index in [0.29, 0.717) is 0 Å². The van der Waals surface area contributed by atoms with Gasteiger partial charge in [-0.3, -0.25) is 4.40 Å². The van der Waals surface area contributed by atoms with E-state index >= 15 is 0 Å². The van der Waals surface area contributed by atoms with E-state index in [1.807, 2.05) is 41.1 Å². The molecule has 0 aliphatic rings. The summed E-state index contributed by atoms with van der Waals surface area (Å²) in [6.07, 6.45) is 3.79. The molecule has 0 bridgehead atoms. The van der Waals surface area contributed by atoms with Gasteiger partial charge in [0.05, 0.1) is 16.7 Å². The summed E-state index contributed by atoms with van der Waals surface area (Å²) >= 11 is 6.14. The number of nitrogens with zero attached hydrogens (tertiary/aromatic N) is 2. The number of aryl methyl sites for hydroxylation is 1. The fourth-order valence-corrected chi connectivity index (χ4v) is 2.22. The van der Waals surface area contributed by atoms with Gasteiger partial charge in [-0.2, -0.15) is 0 Å². The van der Waals surface area contributed by atoms with E-state index in [2.05, 4.69) is 24.0 Å². The molecule has 2 heterocycles. The van der Waals surface area contributed by atoms with Crippen molar-refractivity contribution in [2.75, 3.05) is 0 Å². The zero-order valence-electron chi connectivity index (χ0n) is 9.39. The van der Waals surface area contributed by atoms with Crippen LogP contribution >= 0.6 is 11.6 Å². The predicted octanol–water partition coefficient (Wildman–Crippen LogP) is 3.96. The van der Waals surface area contributed by atoms with Crippen LogP contribution in [-0.2, 0) is 0 Å². The van der Waals surface area contributed by atoms with Gasteiger partial charge in [0.2, 0.25) is 0 Å². The first-order valence-corrected chi connectivity index (χ1v) is 5.83. The molecule has 1 aromatic carbocycles. The molecule has 17 heavy (non-hydrogen) atoms. The molecule has 0 atom stereocenters. The van der Waals surface area contributed by atoms with Crippen LogP contribution in [0.4, 0.5) is 0 Å². The van der Waals surface area contributed by atoms with Crippen LogP contribution < -0.4 is 0 Å². The van der Waals surface area contributed by atoms with E-state index in [1.165, 1.54) is 5.56 Å². The minimum atomic E-state index is 0.722. The molecule has 3 heteroatoms. The summed E-state index contributed by atoms with van der Waals surface area (Å²) in [5, 5.41) is 0.722. The molecule has 0 unspecified atom stereocenters. The Morgan fingerprint density at radius 2 is 1.94 bits per heavy atom. The third-order valence-electron chi connectivity index (χ3n) is 2.91. The highest BCUT2D eigenvalue weighted by atomic mass is 35.5. The highest BCUT2D eigenvalue weighted by Crippen LogP contribution is 2.25. The third-order valence-corrected chi connectivity index (χ3v) is 3.22. The van der Waals surface area contributed by atoms with Crippen LogP contribution in [0.15, 0.2) is 48.8 Å². The molecular weight excluding hydrogens is 232 g/mol. The van der Waals surface area contributed by atoms with E-state index in [1.54, 1.807) is 0 Å². The first kappa shape index (κ1) is 10.4. The topological polar surface area (TPSA) is 17.3 Å². The number of fused-ring (bicyclic) bond motifs is 1. The fraction of sp³-hybridized carbons (Fsp3) is 0.0714. The maximum atomic E-state index is 6.14. The van der Waals surface area contributed by atoms with Crippen LogP contribution in [0.1, 0.15) is 5.56 Å². The summed E-state index contributed by atoms with van der Waals surface area (Å²) in [6, 6.07) is 12.0. The van der Waals surface area contributed by atoms with Crippen molar-refractivity contribution in [3.63, 3.8) is 0 Å². The largest absolute Gasteiger partial charge is 0.298 e. The Morgan fingerprint density at radius 1 is 1.12 bits per heavy atom. The van der Waals surface area contributed by atoms with E-state index in [4.69, 9.17) is 11.6 Å². The maximum Gasteiger partial charge on any atom is 0.144 e. The summed E-state index contributed by atoms with van der Waals surface area (Å²) in [4.78, 5) is 4.47. The molecule has 3 rings (SSSR count). The molecule has 84 valence electrons. The van der Waals surface area contributed by atoms with Crippen LogP contribution in [0.2, 0.25) is 5.02 Å². The van der Waals surface area contributed by atoms with Crippen LogP contribution in [0, 0.1) is 6.92 Å². The second-order valence-corrected chi connectivity index (χ2v) is 4.42. The third kappa shape index (κ3) is 1.61. The van der Waals surface area contributed by atoms with E-state index in [0.717, 1.165) is 21.9 Å².